The van der Waals surface area contributed by atoms with Gasteiger partial charge in [0.2, 0.25) is 0 Å². The molecule has 0 aliphatic rings. The van der Waals surface area contributed by atoms with E-state index >= 15 is 0 Å². The minimum atomic E-state index is -4.36. The van der Waals surface area contributed by atoms with Crippen molar-refractivity contribution >= 4 is 5.96 Å². The van der Waals surface area contributed by atoms with Crippen LogP contribution in [-0.4, -0.2) is 33.8 Å². The molecule has 0 radical (unpaired) electrons. The Labute approximate surface area is 156 Å². The van der Waals surface area contributed by atoms with Gasteiger partial charge in [0, 0.05) is 26.1 Å². The lowest BCUT2D eigenvalue weighted by molar-refractivity contribution is -0.137. The summed E-state index contributed by atoms with van der Waals surface area (Å²) in [4.78, 5) is 4.35. The maximum absolute atomic E-state index is 12.8. The van der Waals surface area contributed by atoms with E-state index < -0.39 is 11.7 Å². The van der Waals surface area contributed by atoms with E-state index in [0.717, 1.165) is 24.4 Å². The Morgan fingerprint density at radius 2 is 2.15 bits per heavy atom. The second-order valence-electron chi connectivity index (χ2n) is 5.75. The van der Waals surface area contributed by atoms with Crippen molar-refractivity contribution in [2.24, 2.45) is 4.99 Å². The van der Waals surface area contributed by atoms with E-state index in [0.29, 0.717) is 31.2 Å². The van der Waals surface area contributed by atoms with Crippen LogP contribution in [0.25, 0.3) is 0 Å². The fourth-order valence-corrected chi connectivity index (χ4v) is 2.39. The molecule has 0 spiro atoms. The summed E-state index contributed by atoms with van der Waals surface area (Å²) in [5.74, 6) is 1.39. The Hall–Kier alpha value is -2.84. The molecule has 6 nitrogen and oxygen atoms in total. The minimum absolute atomic E-state index is 0.128. The number of rotatable bonds is 8. The molecule has 0 aliphatic heterocycles. The number of nitrogens with zero attached hydrogens (tertiary/aromatic N) is 4. The summed E-state index contributed by atoms with van der Waals surface area (Å²) in [6.45, 7) is 7.47. The molecule has 0 fully saturated rings. The van der Waals surface area contributed by atoms with Crippen LogP contribution in [0.4, 0.5) is 13.2 Å². The first kappa shape index (κ1) is 20.5. The number of hydrogen-bond donors (Lipinski definition) is 2. The zero-order valence-corrected chi connectivity index (χ0v) is 15.1. The molecule has 9 heteroatoms. The lowest BCUT2D eigenvalue weighted by Crippen LogP contribution is -2.39. The summed E-state index contributed by atoms with van der Waals surface area (Å²) in [7, 11) is 0. The van der Waals surface area contributed by atoms with Crippen molar-refractivity contribution in [3.8, 4) is 0 Å². The second kappa shape index (κ2) is 9.75. The Morgan fingerprint density at radius 3 is 2.85 bits per heavy atom. The van der Waals surface area contributed by atoms with Crippen LogP contribution in [0.2, 0.25) is 0 Å². The van der Waals surface area contributed by atoms with E-state index in [9.17, 15) is 13.2 Å². The van der Waals surface area contributed by atoms with Gasteiger partial charge in [-0.05, 0) is 17.7 Å². The minimum Gasteiger partial charge on any atom is -0.355 e. The van der Waals surface area contributed by atoms with Crippen LogP contribution >= 0.6 is 0 Å². The smallest absolute Gasteiger partial charge is 0.355 e. The zero-order valence-electron chi connectivity index (χ0n) is 15.1. The maximum atomic E-state index is 12.8. The fourth-order valence-electron chi connectivity index (χ4n) is 2.39. The summed E-state index contributed by atoms with van der Waals surface area (Å²) >= 11 is 0. The zero-order chi connectivity index (χ0) is 19.7. The average molecular weight is 380 g/mol. The topological polar surface area (TPSA) is 67.1 Å². The van der Waals surface area contributed by atoms with Crippen LogP contribution in [-0.2, 0) is 25.7 Å². The number of nitrogens with one attached hydrogen (secondary N) is 2. The maximum Gasteiger partial charge on any atom is 0.416 e. The van der Waals surface area contributed by atoms with Gasteiger partial charge in [0.1, 0.15) is 12.2 Å². The molecule has 2 rings (SSSR count). The first-order valence-electron chi connectivity index (χ1n) is 8.60. The van der Waals surface area contributed by atoms with E-state index in [1.165, 1.54) is 6.07 Å². The van der Waals surface area contributed by atoms with Crippen molar-refractivity contribution in [1.29, 1.82) is 0 Å². The summed E-state index contributed by atoms with van der Waals surface area (Å²) in [5, 5.41) is 14.1. The molecule has 1 heterocycles. The van der Waals surface area contributed by atoms with Gasteiger partial charge >= 0.3 is 6.18 Å². The van der Waals surface area contributed by atoms with Gasteiger partial charge < -0.3 is 15.2 Å². The number of aromatic nitrogens is 3. The Bertz CT molecular complexity index is 766. The standard InChI is InChI=1S/C18H23F3N6/c1-3-8-22-17(23-9-10-27-13-25-26-16(27)4-2)24-12-14-6-5-7-15(11-14)18(19,20)21/h3,5-7,11,13H,1,4,8-10,12H2,2H3,(H2,22,23,24). The third-order valence-electron chi connectivity index (χ3n) is 3.75. The Morgan fingerprint density at radius 1 is 1.33 bits per heavy atom. The van der Waals surface area contributed by atoms with Crippen molar-refractivity contribution in [2.75, 3.05) is 13.1 Å². The lowest BCUT2D eigenvalue weighted by atomic mass is 10.1. The van der Waals surface area contributed by atoms with Crippen LogP contribution in [0.5, 0.6) is 0 Å². The molecule has 146 valence electrons. The average Bonchev–Trinajstić information content (AvgIpc) is 3.10. The largest absolute Gasteiger partial charge is 0.416 e. The number of hydrogen-bond acceptors (Lipinski definition) is 3. The van der Waals surface area contributed by atoms with Crippen LogP contribution in [0.3, 0.4) is 0 Å². The van der Waals surface area contributed by atoms with E-state index in [1.807, 2.05) is 11.5 Å². The molecule has 2 aromatic rings. The highest BCUT2D eigenvalue weighted by atomic mass is 19.4. The van der Waals surface area contributed by atoms with Gasteiger partial charge in [-0.25, -0.2) is 4.99 Å². The number of benzene rings is 1. The van der Waals surface area contributed by atoms with Crippen molar-refractivity contribution in [3.63, 3.8) is 0 Å². The highest BCUT2D eigenvalue weighted by molar-refractivity contribution is 5.79. The predicted octanol–water partition coefficient (Wildman–Crippen LogP) is 2.78. The van der Waals surface area contributed by atoms with Crippen molar-refractivity contribution in [2.45, 2.75) is 32.6 Å². The van der Waals surface area contributed by atoms with Gasteiger partial charge in [-0.1, -0.05) is 25.1 Å². The van der Waals surface area contributed by atoms with E-state index in [4.69, 9.17) is 0 Å². The number of halogens is 3. The van der Waals surface area contributed by atoms with Gasteiger partial charge in [-0.15, -0.1) is 16.8 Å². The molecule has 27 heavy (non-hydrogen) atoms. The number of alkyl halides is 3. The summed E-state index contributed by atoms with van der Waals surface area (Å²) in [5.41, 5.74) is -0.194. The molecular weight excluding hydrogens is 357 g/mol. The molecule has 1 aromatic heterocycles. The highest BCUT2D eigenvalue weighted by Crippen LogP contribution is 2.29. The number of aryl methyl sites for hydroxylation is 1. The van der Waals surface area contributed by atoms with E-state index in [2.05, 4.69) is 32.4 Å². The van der Waals surface area contributed by atoms with Gasteiger partial charge in [-0.2, -0.15) is 13.2 Å². The summed E-state index contributed by atoms with van der Waals surface area (Å²) in [6.07, 6.45) is -0.240. The molecule has 1 aromatic carbocycles. The van der Waals surface area contributed by atoms with Gasteiger partial charge in [-0.3, -0.25) is 0 Å². The van der Waals surface area contributed by atoms with Gasteiger partial charge in [0.05, 0.1) is 12.1 Å². The lowest BCUT2D eigenvalue weighted by Gasteiger charge is -2.13. The summed E-state index contributed by atoms with van der Waals surface area (Å²) < 4.78 is 40.4. The third-order valence-corrected chi connectivity index (χ3v) is 3.75. The number of aliphatic imine (C=N–C) groups is 1. The third kappa shape index (κ3) is 6.43. The normalized spacial score (nSPS) is 12.1. The SMILES string of the molecule is C=CCNC(=NCc1cccc(C(F)(F)F)c1)NCCn1cnnc1CC. The monoisotopic (exact) mass is 380 g/mol. The Balaban J connectivity index is 1.99. The molecule has 0 unspecified atom stereocenters. The van der Waals surface area contributed by atoms with Gasteiger partial charge in [0.15, 0.2) is 5.96 Å². The van der Waals surface area contributed by atoms with Crippen LogP contribution in [0, 0.1) is 0 Å². The highest BCUT2D eigenvalue weighted by Gasteiger charge is 2.30. The van der Waals surface area contributed by atoms with Crippen LogP contribution < -0.4 is 10.6 Å². The molecule has 0 amide bonds. The molecule has 0 bridgehead atoms. The molecule has 2 N–H and O–H groups in total. The quantitative estimate of drug-likeness (QED) is 0.420. The van der Waals surface area contributed by atoms with Crippen LogP contribution in [0.1, 0.15) is 23.9 Å². The molecule has 0 saturated heterocycles. The van der Waals surface area contributed by atoms with Gasteiger partial charge in [0.25, 0.3) is 0 Å². The second-order valence-corrected chi connectivity index (χ2v) is 5.75. The van der Waals surface area contributed by atoms with Crippen molar-refractivity contribution < 1.29 is 13.2 Å². The van der Waals surface area contributed by atoms with E-state index in [1.54, 1.807) is 18.5 Å². The first-order valence-corrected chi connectivity index (χ1v) is 8.60. The molecule has 0 aliphatic carbocycles. The Kier molecular flexibility index (Phi) is 7.39. The molecular formula is C18H23F3N6. The first-order chi connectivity index (χ1) is 12.9. The summed E-state index contributed by atoms with van der Waals surface area (Å²) in [6, 6.07) is 5.16. The van der Waals surface area contributed by atoms with Crippen molar-refractivity contribution in [1.82, 2.24) is 25.4 Å². The fraction of sp³-hybridized carbons (Fsp3) is 0.389. The number of guanidine groups is 1. The molecule has 0 saturated carbocycles. The van der Waals surface area contributed by atoms with Crippen LogP contribution in [0.15, 0.2) is 48.2 Å². The molecule has 0 atom stereocenters. The van der Waals surface area contributed by atoms with Crippen molar-refractivity contribution in [3.05, 3.63) is 60.2 Å². The van der Waals surface area contributed by atoms with E-state index in [-0.39, 0.29) is 6.54 Å². The predicted molar refractivity (Wildman–Crippen MR) is 98.2 cm³/mol.